The summed E-state index contributed by atoms with van der Waals surface area (Å²) < 4.78 is 27.2. The van der Waals surface area contributed by atoms with Gasteiger partial charge in [-0.25, -0.2) is 8.78 Å². The number of hydrogen-bond donors (Lipinski definition) is 1. The summed E-state index contributed by atoms with van der Waals surface area (Å²) in [6.45, 7) is 8.40. The summed E-state index contributed by atoms with van der Waals surface area (Å²) >= 11 is 0. The molecule has 1 amide bonds. The molecule has 0 radical (unpaired) electrons. The van der Waals surface area contributed by atoms with Crippen molar-refractivity contribution in [2.24, 2.45) is 0 Å². The highest BCUT2D eigenvalue weighted by Gasteiger charge is 2.41. The molecule has 0 unspecified atom stereocenters. The number of likely N-dealkylation sites (tertiary alicyclic amines) is 1. The lowest BCUT2D eigenvalue weighted by atomic mass is 10.1. The Labute approximate surface area is 102 Å². The molecule has 17 heavy (non-hydrogen) atoms. The van der Waals surface area contributed by atoms with Gasteiger partial charge >= 0.3 is 0 Å². The molecular formula is C12H22F2N2O. The first-order valence-electron chi connectivity index (χ1n) is 5.91. The zero-order valence-electron chi connectivity index (χ0n) is 11.2. The van der Waals surface area contributed by atoms with Crippen molar-refractivity contribution in [1.82, 2.24) is 10.2 Å². The van der Waals surface area contributed by atoms with Gasteiger partial charge in [0.1, 0.15) is 6.17 Å². The molecular weight excluding hydrogens is 226 g/mol. The number of nitrogens with zero attached hydrogens (tertiary/aromatic N) is 1. The van der Waals surface area contributed by atoms with Gasteiger partial charge in [0.15, 0.2) is 5.67 Å². The van der Waals surface area contributed by atoms with E-state index in [1.54, 1.807) is 0 Å². The van der Waals surface area contributed by atoms with Gasteiger partial charge in [-0.15, -0.1) is 0 Å². The zero-order chi connectivity index (χ0) is 13.4. The SMILES string of the molecule is CC(C)(C)N[C@@H]1CN(C(=O)C(C)(C)F)C[C@@H]1F. The van der Waals surface area contributed by atoms with E-state index in [-0.39, 0.29) is 18.6 Å². The molecule has 1 rings (SSSR count). The Morgan fingerprint density at radius 2 is 1.76 bits per heavy atom. The van der Waals surface area contributed by atoms with Crippen molar-refractivity contribution in [3.63, 3.8) is 0 Å². The number of amides is 1. The zero-order valence-corrected chi connectivity index (χ0v) is 11.2. The van der Waals surface area contributed by atoms with Crippen LogP contribution in [0.1, 0.15) is 34.6 Å². The summed E-state index contributed by atoms with van der Waals surface area (Å²) in [6, 6.07) is -0.415. The Balaban J connectivity index is 2.64. The Hall–Kier alpha value is -0.710. The molecule has 1 N–H and O–H groups in total. The molecule has 1 aliphatic heterocycles. The first kappa shape index (κ1) is 14.4. The van der Waals surface area contributed by atoms with Crippen molar-refractivity contribution in [3.8, 4) is 0 Å². The van der Waals surface area contributed by atoms with E-state index in [1.807, 2.05) is 20.8 Å². The molecule has 0 spiro atoms. The Morgan fingerprint density at radius 3 is 2.18 bits per heavy atom. The van der Waals surface area contributed by atoms with Gasteiger partial charge < -0.3 is 10.2 Å². The highest BCUT2D eigenvalue weighted by atomic mass is 19.1. The number of carbonyl (C=O) groups is 1. The largest absolute Gasteiger partial charge is 0.335 e. The highest BCUT2D eigenvalue weighted by Crippen LogP contribution is 2.21. The molecule has 0 aromatic rings. The van der Waals surface area contributed by atoms with Crippen LogP contribution in [-0.2, 0) is 4.79 Å². The van der Waals surface area contributed by atoms with E-state index in [1.165, 1.54) is 18.7 Å². The molecule has 2 atom stereocenters. The predicted molar refractivity (Wildman–Crippen MR) is 63.3 cm³/mol. The van der Waals surface area contributed by atoms with Crippen LogP contribution >= 0.6 is 0 Å². The molecule has 3 nitrogen and oxygen atoms in total. The van der Waals surface area contributed by atoms with Crippen molar-refractivity contribution in [1.29, 1.82) is 0 Å². The molecule has 1 heterocycles. The van der Waals surface area contributed by atoms with Crippen LogP contribution in [0.5, 0.6) is 0 Å². The predicted octanol–water partition coefficient (Wildman–Crippen LogP) is 1.67. The number of carbonyl (C=O) groups excluding carboxylic acids is 1. The summed E-state index contributed by atoms with van der Waals surface area (Å²) in [5.74, 6) is -0.640. The third-order valence-electron chi connectivity index (χ3n) is 2.66. The van der Waals surface area contributed by atoms with E-state index >= 15 is 0 Å². The second kappa shape index (κ2) is 4.52. The van der Waals surface area contributed by atoms with E-state index < -0.39 is 23.8 Å². The second-order valence-corrected chi connectivity index (χ2v) is 6.20. The lowest BCUT2D eigenvalue weighted by molar-refractivity contribution is -0.141. The summed E-state index contributed by atoms with van der Waals surface area (Å²) in [7, 11) is 0. The quantitative estimate of drug-likeness (QED) is 0.806. The smallest absolute Gasteiger partial charge is 0.259 e. The average Bonchev–Trinajstić information content (AvgIpc) is 2.42. The monoisotopic (exact) mass is 248 g/mol. The summed E-state index contributed by atoms with van der Waals surface area (Å²) in [5, 5.41) is 3.11. The van der Waals surface area contributed by atoms with Gasteiger partial charge in [0.05, 0.1) is 12.6 Å². The lowest BCUT2D eigenvalue weighted by Crippen LogP contribution is -2.49. The highest BCUT2D eigenvalue weighted by molar-refractivity contribution is 5.84. The molecule has 1 saturated heterocycles. The fourth-order valence-corrected chi connectivity index (χ4v) is 2.00. The van der Waals surface area contributed by atoms with Gasteiger partial charge in [-0.1, -0.05) is 0 Å². The minimum atomic E-state index is -1.93. The molecule has 1 fully saturated rings. The molecule has 0 bridgehead atoms. The minimum absolute atomic E-state index is 0.0278. The first-order chi connectivity index (χ1) is 7.50. The van der Waals surface area contributed by atoms with Crippen molar-refractivity contribution in [2.75, 3.05) is 13.1 Å². The van der Waals surface area contributed by atoms with Crippen LogP contribution in [0.25, 0.3) is 0 Å². The molecule has 0 aromatic heterocycles. The van der Waals surface area contributed by atoms with Crippen molar-refractivity contribution >= 4 is 5.91 Å². The normalized spacial score (nSPS) is 26.4. The number of alkyl halides is 2. The van der Waals surface area contributed by atoms with Crippen LogP contribution in [-0.4, -0.2) is 47.3 Å². The molecule has 0 aromatic carbocycles. The number of rotatable bonds is 2. The Bertz CT molecular complexity index is 294. The molecule has 1 aliphatic rings. The Morgan fingerprint density at radius 1 is 1.24 bits per heavy atom. The van der Waals surface area contributed by atoms with Gasteiger partial charge in [-0.2, -0.15) is 0 Å². The summed E-state index contributed by atoms with van der Waals surface area (Å²) in [4.78, 5) is 12.9. The van der Waals surface area contributed by atoms with Gasteiger partial charge in [0.25, 0.3) is 5.91 Å². The van der Waals surface area contributed by atoms with Gasteiger partial charge in [-0.05, 0) is 34.6 Å². The van der Waals surface area contributed by atoms with Crippen LogP contribution in [0.15, 0.2) is 0 Å². The van der Waals surface area contributed by atoms with Crippen molar-refractivity contribution in [3.05, 3.63) is 0 Å². The third-order valence-corrected chi connectivity index (χ3v) is 2.66. The maximum atomic E-state index is 13.7. The maximum absolute atomic E-state index is 13.7. The third kappa shape index (κ3) is 3.91. The molecule has 5 heteroatoms. The molecule has 0 aliphatic carbocycles. The van der Waals surface area contributed by atoms with E-state index in [0.29, 0.717) is 0 Å². The fourth-order valence-electron chi connectivity index (χ4n) is 2.00. The minimum Gasteiger partial charge on any atom is -0.335 e. The van der Waals surface area contributed by atoms with Crippen LogP contribution in [0.3, 0.4) is 0 Å². The van der Waals surface area contributed by atoms with E-state index in [2.05, 4.69) is 5.32 Å². The van der Waals surface area contributed by atoms with Crippen molar-refractivity contribution in [2.45, 2.75) is 58.0 Å². The topological polar surface area (TPSA) is 32.3 Å². The summed E-state index contributed by atoms with van der Waals surface area (Å²) in [5.41, 5.74) is -2.16. The van der Waals surface area contributed by atoms with E-state index in [0.717, 1.165) is 0 Å². The Kier molecular flexibility index (Phi) is 3.81. The van der Waals surface area contributed by atoms with Gasteiger partial charge in [0.2, 0.25) is 0 Å². The van der Waals surface area contributed by atoms with Crippen LogP contribution in [0, 0.1) is 0 Å². The lowest BCUT2D eigenvalue weighted by Gasteiger charge is -2.27. The standard InChI is InChI=1S/C12H22F2N2O/c1-11(2,3)15-9-7-16(6-8(9)13)10(17)12(4,5)14/h8-9,15H,6-7H2,1-5H3/t8-,9+/m0/s1. The van der Waals surface area contributed by atoms with Crippen LogP contribution < -0.4 is 5.32 Å². The number of hydrogen-bond acceptors (Lipinski definition) is 2. The van der Waals surface area contributed by atoms with Gasteiger partial charge in [0, 0.05) is 12.1 Å². The van der Waals surface area contributed by atoms with Crippen LogP contribution in [0.4, 0.5) is 8.78 Å². The maximum Gasteiger partial charge on any atom is 0.259 e. The average molecular weight is 248 g/mol. The summed E-state index contributed by atoms with van der Waals surface area (Å²) in [6.07, 6.45) is -1.14. The fraction of sp³-hybridized carbons (Fsp3) is 0.917. The van der Waals surface area contributed by atoms with E-state index in [4.69, 9.17) is 0 Å². The second-order valence-electron chi connectivity index (χ2n) is 6.20. The van der Waals surface area contributed by atoms with E-state index in [9.17, 15) is 13.6 Å². The number of nitrogens with one attached hydrogen (secondary N) is 1. The van der Waals surface area contributed by atoms with Crippen LogP contribution in [0.2, 0.25) is 0 Å². The first-order valence-corrected chi connectivity index (χ1v) is 5.91. The van der Waals surface area contributed by atoms with Gasteiger partial charge in [-0.3, -0.25) is 4.79 Å². The van der Waals surface area contributed by atoms with Crippen molar-refractivity contribution < 1.29 is 13.6 Å². The molecule has 100 valence electrons. The number of halogens is 2. The molecule has 0 saturated carbocycles.